The van der Waals surface area contributed by atoms with E-state index >= 15 is 0 Å². The lowest BCUT2D eigenvalue weighted by molar-refractivity contribution is -0.123. The highest BCUT2D eigenvalue weighted by molar-refractivity contribution is 7.22. The van der Waals surface area contributed by atoms with E-state index in [4.69, 9.17) is 16.3 Å². The molecule has 1 saturated heterocycles. The van der Waals surface area contributed by atoms with E-state index < -0.39 is 11.7 Å². The van der Waals surface area contributed by atoms with Gasteiger partial charge < -0.3 is 15.0 Å². The number of piperidine rings is 1. The van der Waals surface area contributed by atoms with Gasteiger partial charge in [-0.2, -0.15) is 0 Å². The second-order valence-electron chi connectivity index (χ2n) is 6.30. The third-order valence-corrected chi connectivity index (χ3v) is 6.12. The summed E-state index contributed by atoms with van der Waals surface area (Å²) < 4.78 is 6.83. The van der Waals surface area contributed by atoms with Crippen molar-refractivity contribution in [3.8, 4) is 16.2 Å². The number of hydrogen-bond donors (Lipinski definition) is 2. The molecular weight excluding hydrogens is 390 g/mol. The highest BCUT2D eigenvalue weighted by Gasteiger charge is 2.25. The van der Waals surface area contributed by atoms with Gasteiger partial charge in [0.05, 0.1) is 18.7 Å². The van der Waals surface area contributed by atoms with Gasteiger partial charge in [-0.25, -0.2) is 4.79 Å². The van der Waals surface area contributed by atoms with Crippen LogP contribution in [-0.4, -0.2) is 29.1 Å². The first-order valence-corrected chi connectivity index (χ1v) is 9.56. The standard InChI is InChI=1S/C18H16ClN3O4S/c1-26-10-2-3-12(19)11(7-10)14-8-13-16(27-14)17(24)22(18(25)21-13)9-4-5-20-15(23)6-9/h2-3,7-9H,4-6H2,1H3,(H,20,23)(H,21,25). The molecule has 3 heterocycles. The molecule has 0 aliphatic carbocycles. The molecule has 2 N–H and O–H groups in total. The number of aromatic amines is 1. The zero-order valence-electron chi connectivity index (χ0n) is 14.4. The van der Waals surface area contributed by atoms with E-state index in [9.17, 15) is 14.4 Å². The van der Waals surface area contributed by atoms with Gasteiger partial charge in [0.25, 0.3) is 5.56 Å². The second kappa shape index (κ2) is 6.86. The number of halogens is 1. The van der Waals surface area contributed by atoms with Crippen LogP contribution in [0.25, 0.3) is 20.7 Å². The number of hydrogen-bond acceptors (Lipinski definition) is 5. The Morgan fingerprint density at radius 2 is 2.07 bits per heavy atom. The van der Waals surface area contributed by atoms with Crippen molar-refractivity contribution in [1.29, 1.82) is 0 Å². The summed E-state index contributed by atoms with van der Waals surface area (Å²) in [5, 5.41) is 3.23. The Balaban J connectivity index is 1.87. The van der Waals surface area contributed by atoms with Crippen molar-refractivity contribution in [2.24, 2.45) is 0 Å². The number of nitrogens with zero attached hydrogens (tertiary/aromatic N) is 1. The summed E-state index contributed by atoms with van der Waals surface area (Å²) in [6.45, 7) is 0.447. The van der Waals surface area contributed by atoms with Crippen molar-refractivity contribution in [1.82, 2.24) is 14.9 Å². The molecule has 3 aromatic rings. The number of ether oxygens (including phenoxy) is 1. The van der Waals surface area contributed by atoms with Crippen molar-refractivity contribution in [3.63, 3.8) is 0 Å². The topological polar surface area (TPSA) is 93.2 Å². The van der Waals surface area contributed by atoms with Crippen molar-refractivity contribution >= 4 is 39.1 Å². The van der Waals surface area contributed by atoms with E-state index in [2.05, 4.69) is 10.3 Å². The Hall–Kier alpha value is -2.58. The number of benzene rings is 1. The fraction of sp³-hybridized carbons (Fsp3) is 0.278. The Morgan fingerprint density at radius 3 is 2.81 bits per heavy atom. The van der Waals surface area contributed by atoms with Gasteiger partial charge in [-0.05, 0) is 30.7 Å². The van der Waals surface area contributed by atoms with Crippen molar-refractivity contribution in [3.05, 3.63) is 50.1 Å². The van der Waals surface area contributed by atoms with Crippen LogP contribution in [0.5, 0.6) is 5.75 Å². The summed E-state index contributed by atoms with van der Waals surface area (Å²) >= 11 is 7.56. The molecule has 0 spiro atoms. The first-order chi connectivity index (χ1) is 13.0. The fourth-order valence-corrected chi connectivity index (χ4v) is 4.65. The maximum atomic E-state index is 13.0. The molecule has 0 bridgehead atoms. The number of carbonyl (C=O) groups excluding carboxylic acids is 1. The Labute approximate surface area is 162 Å². The molecule has 7 nitrogen and oxygen atoms in total. The van der Waals surface area contributed by atoms with Gasteiger partial charge in [-0.1, -0.05) is 11.6 Å². The summed E-state index contributed by atoms with van der Waals surface area (Å²) in [6.07, 6.45) is 0.661. The van der Waals surface area contributed by atoms with Gasteiger partial charge in [-0.3, -0.25) is 14.2 Å². The zero-order chi connectivity index (χ0) is 19.1. The quantitative estimate of drug-likeness (QED) is 0.700. The molecule has 2 aromatic heterocycles. The Morgan fingerprint density at radius 1 is 1.26 bits per heavy atom. The normalized spacial score (nSPS) is 17.1. The number of fused-ring (bicyclic) bond motifs is 1. The minimum Gasteiger partial charge on any atom is -0.497 e. The average molecular weight is 406 g/mol. The van der Waals surface area contributed by atoms with E-state index in [1.165, 1.54) is 11.3 Å². The average Bonchev–Trinajstić information content (AvgIpc) is 3.06. The van der Waals surface area contributed by atoms with E-state index in [0.29, 0.717) is 34.0 Å². The number of carbonyl (C=O) groups is 1. The lowest BCUT2D eigenvalue weighted by atomic mass is 10.1. The summed E-state index contributed by atoms with van der Waals surface area (Å²) in [4.78, 5) is 40.6. The number of nitrogens with one attached hydrogen (secondary N) is 2. The SMILES string of the molecule is COc1ccc(Cl)c(-c2cc3[nH]c(=O)n(C4CCNC(=O)C4)c(=O)c3s2)c1. The van der Waals surface area contributed by atoms with Crippen LogP contribution in [0.2, 0.25) is 5.02 Å². The summed E-state index contributed by atoms with van der Waals surface area (Å²) in [5.74, 6) is 0.485. The largest absolute Gasteiger partial charge is 0.497 e. The van der Waals surface area contributed by atoms with E-state index in [0.717, 1.165) is 15.0 Å². The third kappa shape index (κ3) is 3.15. The molecule has 4 rings (SSSR count). The smallest absolute Gasteiger partial charge is 0.329 e. The lowest BCUT2D eigenvalue weighted by Gasteiger charge is -2.23. The predicted molar refractivity (Wildman–Crippen MR) is 105 cm³/mol. The van der Waals surface area contributed by atoms with Crippen LogP contribution in [-0.2, 0) is 4.79 Å². The molecule has 1 aliphatic rings. The number of thiophene rings is 1. The van der Waals surface area contributed by atoms with E-state index in [1.54, 1.807) is 31.4 Å². The summed E-state index contributed by atoms with van der Waals surface area (Å²) in [5.41, 5.74) is 0.290. The molecule has 1 unspecified atom stereocenters. The van der Waals surface area contributed by atoms with Gasteiger partial charge in [0.2, 0.25) is 5.91 Å². The molecule has 0 saturated carbocycles. The number of rotatable bonds is 3. The second-order valence-corrected chi connectivity index (χ2v) is 7.76. The number of amides is 1. The summed E-state index contributed by atoms with van der Waals surface area (Å²) in [6, 6.07) is 6.56. The van der Waals surface area contributed by atoms with Crippen LogP contribution >= 0.6 is 22.9 Å². The van der Waals surface area contributed by atoms with Gasteiger partial charge >= 0.3 is 5.69 Å². The predicted octanol–water partition coefficient (Wildman–Crippen LogP) is 2.53. The highest BCUT2D eigenvalue weighted by Crippen LogP contribution is 2.37. The number of methoxy groups -OCH3 is 1. The maximum absolute atomic E-state index is 13.0. The van der Waals surface area contributed by atoms with Gasteiger partial charge in [0.1, 0.15) is 10.4 Å². The first kappa shape index (κ1) is 17.8. The van der Waals surface area contributed by atoms with Crippen LogP contribution in [0.4, 0.5) is 0 Å². The van der Waals surface area contributed by atoms with Crippen LogP contribution in [0.1, 0.15) is 18.9 Å². The van der Waals surface area contributed by atoms with Crippen molar-refractivity contribution in [2.75, 3.05) is 13.7 Å². The monoisotopic (exact) mass is 405 g/mol. The molecule has 9 heteroatoms. The molecule has 1 aliphatic heterocycles. The fourth-order valence-electron chi connectivity index (χ4n) is 3.29. The molecule has 1 amide bonds. The van der Waals surface area contributed by atoms with Crippen LogP contribution in [0.3, 0.4) is 0 Å². The molecule has 140 valence electrons. The van der Waals surface area contributed by atoms with Crippen LogP contribution in [0, 0.1) is 0 Å². The van der Waals surface area contributed by atoms with Crippen LogP contribution in [0.15, 0.2) is 33.9 Å². The Bertz CT molecular complexity index is 1160. The third-order valence-electron chi connectivity index (χ3n) is 4.63. The Kier molecular flexibility index (Phi) is 4.53. The number of aromatic nitrogens is 2. The molecule has 0 radical (unpaired) electrons. The van der Waals surface area contributed by atoms with E-state index in [-0.39, 0.29) is 17.9 Å². The van der Waals surface area contributed by atoms with Gasteiger partial charge in [0, 0.05) is 28.4 Å². The van der Waals surface area contributed by atoms with Gasteiger partial charge in [-0.15, -0.1) is 11.3 Å². The summed E-state index contributed by atoms with van der Waals surface area (Å²) in [7, 11) is 1.56. The first-order valence-electron chi connectivity index (χ1n) is 8.37. The number of H-pyrrole nitrogens is 1. The lowest BCUT2D eigenvalue weighted by Crippen LogP contribution is -2.43. The molecule has 1 atom stereocenters. The molecule has 1 fully saturated rings. The van der Waals surface area contributed by atoms with Crippen molar-refractivity contribution < 1.29 is 9.53 Å². The van der Waals surface area contributed by atoms with Crippen molar-refractivity contribution in [2.45, 2.75) is 18.9 Å². The van der Waals surface area contributed by atoms with Gasteiger partial charge in [0.15, 0.2) is 0 Å². The minimum absolute atomic E-state index is 0.119. The maximum Gasteiger partial charge on any atom is 0.329 e. The molecule has 27 heavy (non-hydrogen) atoms. The zero-order valence-corrected chi connectivity index (χ0v) is 15.9. The van der Waals surface area contributed by atoms with Crippen LogP contribution < -0.4 is 21.3 Å². The molecular formula is C18H16ClN3O4S. The highest BCUT2D eigenvalue weighted by atomic mass is 35.5. The minimum atomic E-state index is -0.506. The molecule has 1 aromatic carbocycles. The van der Waals surface area contributed by atoms with E-state index in [1.807, 2.05) is 0 Å².